The SMILES string of the molecule is CCCCCOC(C)[O]. The van der Waals surface area contributed by atoms with E-state index >= 15 is 0 Å². The average molecular weight is 131 g/mol. The van der Waals surface area contributed by atoms with Crippen LogP contribution in [0.5, 0.6) is 0 Å². The minimum atomic E-state index is -0.846. The largest absolute Gasteiger partial charge is 0.350 e. The van der Waals surface area contributed by atoms with Gasteiger partial charge in [0, 0.05) is 6.61 Å². The lowest BCUT2D eigenvalue weighted by molar-refractivity contribution is -0.127. The third-order valence-electron chi connectivity index (χ3n) is 1.10. The van der Waals surface area contributed by atoms with Crippen molar-refractivity contribution in [2.24, 2.45) is 0 Å². The van der Waals surface area contributed by atoms with Gasteiger partial charge in [-0.15, -0.1) is 0 Å². The minimum Gasteiger partial charge on any atom is -0.350 e. The van der Waals surface area contributed by atoms with E-state index in [1.54, 1.807) is 0 Å². The van der Waals surface area contributed by atoms with E-state index in [4.69, 9.17) is 4.74 Å². The van der Waals surface area contributed by atoms with Crippen molar-refractivity contribution in [1.29, 1.82) is 0 Å². The molecule has 55 valence electrons. The van der Waals surface area contributed by atoms with Gasteiger partial charge in [-0.05, 0) is 13.3 Å². The first kappa shape index (κ1) is 8.92. The van der Waals surface area contributed by atoms with Crippen molar-refractivity contribution in [2.75, 3.05) is 6.61 Å². The van der Waals surface area contributed by atoms with Crippen LogP contribution in [0.25, 0.3) is 0 Å². The van der Waals surface area contributed by atoms with Gasteiger partial charge in [-0.3, -0.25) is 0 Å². The van der Waals surface area contributed by atoms with Gasteiger partial charge < -0.3 is 4.74 Å². The van der Waals surface area contributed by atoms with Crippen LogP contribution in [0.4, 0.5) is 0 Å². The second-order valence-corrected chi connectivity index (χ2v) is 2.15. The molecule has 1 radical (unpaired) electrons. The van der Waals surface area contributed by atoms with E-state index in [1.165, 1.54) is 13.3 Å². The van der Waals surface area contributed by atoms with Gasteiger partial charge in [0.1, 0.15) is 0 Å². The van der Waals surface area contributed by atoms with E-state index in [0.29, 0.717) is 6.61 Å². The predicted molar refractivity (Wildman–Crippen MR) is 35.6 cm³/mol. The van der Waals surface area contributed by atoms with E-state index in [1.807, 2.05) is 0 Å². The van der Waals surface area contributed by atoms with Crippen LogP contribution in [0.3, 0.4) is 0 Å². The van der Waals surface area contributed by atoms with Crippen molar-refractivity contribution >= 4 is 0 Å². The van der Waals surface area contributed by atoms with E-state index in [9.17, 15) is 5.11 Å². The van der Waals surface area contributed by atoms with Gasteiger partial charge in [-0.2, -0.15) is 0 Å². The molecule has 0 rings (SSSR count). The minimum absolute atomic E-state index is 0.624. The summed E-state index contributed by atoms with van der Waals surface area (Å²) in [5, 5.41) is 10.3. The Labute approximate surface area is 56.8 Å². The number of rotatable bonds is 5. The smallest absolute Gasteiger partial charge is 0.188 e. The van der Waals surface area contributed by atoms with Gasteiger partial charge in [0.05, 0.1) is 0 Å². The molecule has 0 aliphatic rings. The monoisotopic (exact) mass is 131 g/mol. The molecule has 0 heterocycles. The van der Waals surface area contributed by atoms with E-state index in [0.717, 1.165) is 12.8 Å². The molecule has 0 saturated heterocycles. The van der Waals surface area contributed by atoms with Crippen molar-refractivity contribution in [1.82, 2.24) is 0 Å². The molecular formula is C7H15O2. The Morgan fingerprint density at radius 1 is 1.44 bits per heavy atom. The third kappa shape index (κ3) is 7.92. The van der Waals surface area contributed by atoms with E-state index in [-0.39, 0.29) is 0 Å². The zero-order chi connectivity index (χ0) is 7.11. The maximum Gasteiger partial charge on any atom is 0.188 e. The lowest BCUT2D eigenvalue weighted by atomic mass is 10.3. The van der Waals surface area contributed by atoms with Crippen molar-refractivity contribution in [3.8, 4) is 0 Å². The van der Waals surface area contributed by atoms with Gasteiger partial charge in [0.2, 0.25) is 0 Å². The fourth-order valence-electron chi connectivity index (χ4n) is 0.601. The fourth-order valence-corrected chi connectivity index (χ4v) is 0.601. The molecule has 2 heteroatoms. The molecule has 2 nitrogen and oxygen atoms in total. The zero-order valence-corrected chi connectivity index (χ0v) is 6.22. The molecule has 0 aliphatic carbocycles. The molecule has 0 bridgehead atoms. The number of hydrogen-bond donors (Lipinski definition) is 0. The summed E-state index contributed by atoms with van der Waals surface area (Å²) in [6.07, 6.45) is 2.51. The molecule has 0 aromatic rings. The summed E-state index contributed by atoms with van der Waals surface area (Å²) >= 11 is 0. The van der Waals surface area contributed by atoms with Crippen LogP contribution < -0.4 is 0 Å². The maximum atomic E-state index is 10.3. The molecule has 1 unspecified atom stereocenters. The van der Waals surface area contributed by atoms with Crippen LogP contribution in [0.2, 0.25) is 0 Å². The number of unbranched alkanes of at least 4 members (excludes halogenated alkanes) is 2. The molecule has 0 aliphatic heterocycles. The Balaban J connectivity index is 2.75. The highest BCUT2D eigenvalue weighted by molar-refractivity contribution is 4.35. The summed E-state index contributed by atoms with van der Waals surface area (Å²) < 4.78 is 4.79. The molecule has 0 N–H and O–H groups in total. The fraction of sp³-hybridized carbons (Fsp3) is 1.00. The average Bonchev–Trinajstić information content (AvgIpc) is 1.80. The van der Waals surface area contributed by atoms with Crippen LogP contribution in [-0.2, 0) is 9.84 Å². The summed E-state index contributed by atoms with van der Waals surface area (Å²) in [6.45, 7) is 4.27. The van der Waals surface area contributed by atoms with Gasteiger partial charge in [-0.25, -0.2) is 5.11 Å². The highest BCUT2D eigenvalue weighted by Crippen LogP contribution is 1.95. The first-order chi connectivity index (χ1) is 4.27. The van der Waals surface area contributed by atoms with Crippen LogP contribution in [0.15, 0.2) is 0 Å². The quantitative estimate of drug-likeness (QED) is 0.414. The first-order valence-corrected chi connectivity index (χ1v) is 3.54. The third-order valence-corrected chi connectivity index (χ3v) is 1.10. The predicted octanol–water partition coefficient (Wildman–Crippen LogP) is 1.97. The Morgan fingerprint density at radius 2 is 2.11 bits per heavy atom. The molecule has 0 amide bonds. The zero-order valence-electron chi connectivity index (χ0n) is 6.22. The lowest BCUT2D eigenvalue weighted by Crippen LogP contribution is -2.05. The summed E-state index contributed by atoms with van der Waals surface area (Å²) in [6, 6.07) is 0. The number of hydrogen-bond acceptors (Lipinski definition) is 1. The molecular weight excluding hydrogens is 116 g/mol. The highest BCUT2D eigenvalue weighted by Gasteiger charge is 1.93. The van der Waals surface area contributed by atoms with Crippen molar-refractivity contribution < 1.29 is 9.84 Å². The first-order valence-electron chi connectivity index (χ1n) is 3.54. The van der Waals surface area contributed by atoms with Gasteiger partial charge in [-0.1, -0.05) is 19.8 Å². The topological polar surface area (TPSA) is 29.1 Å². The maximum absolute atomic E-state index is 10.3. The van der Waals surface area contributed by atoms with E-state index < -0.39 is 6.29 Å². The summed E-state index contributed by atoms with van der Waals surface area (Å²) in [5.41, 5.74) is 0. The van der Waals surface area contributed by atoms with Crippen molar-refractivity contribution in [3.05, 3.63) is 0 Å². The Hall–Kier alpha value is -0.0800. The molecule has 1 atom stereocenters. The van der Waals surface area contributed by atoms with E-state index in [2.05, 4.69) is 6.92 Å². The molecule has 0 fully saturated rings. The van der Waals surface area contributed by atoms with Gasteiger partial charge in [0.15, 0.2) is 6.29 Å². The van der Waals surface area contributed by atoms with Crippen LogP contribution in [0, 0.1) is 0 Å². The molecule has 0 spiro atoms. The Bertz CT molecular complexity index is 52.9. The Morgan fingerprint density at radius 3 is 2.56 bits per heavy atom. The highest BCUT2D eigenvalue weighted by atomic mass is 16.6. The summed E-state index contributed by atoms with van der Waals surface area (Å²) in [7, 11) is 0. The van der Waals surface area contributed by atoms with Crippen molar-refractivity contribution in [2.45, 2.75) is 39.4 Å². The second-order valence-electron chi connectivity index (χ2n) is 2.15. The van der Waals surface area contributed by atoms with Crippen molar-refractivity contribution in [3.63, 3.8) is 0 Å². The normalized spacial score (nSPS) is 13.7. The molecule has 9 heavy (non-hydrogen) atoms. The molecule has 0 aromatic carbocycles. The van der Waals surface area contributed by atoms with Crippen LogP contribution in [0.1, 0.15) is 33.1 Å². The van der Waals surface area contributed by atoms with Crippen LogP contribution >= 0.6 is 0 Å². The lowest BCUT2D eigenvalue weighted by Gasteiger charge is -2.02. The Kier molecular flexibility index (Phi) is 5.99. The number of ether oxygens (including phenoxy) is 1. The second kappa shape index (κ2) is 6.05. The van der Waals surface area contributed by atoms with Gasteiger partial charge >= 0.3 is 0 Å². The molecule has 0 saturated carbocycles. The summed E-state index contributed by atoms with van der Waals surface area (Å²) in [4.78, 5) is 0. The standard InChI is InChI=1S/C7H15O2/c1-3-4-5-6-9-7(2)8/h7H,3-6H2,1-2H3. The van der Waals surface area contributed by atoms with Gasteiger partial charge in [0.25, 0.3) is 0 Å². The summed E-state index contributed by atoms with van der Waals surface area (Å²) in [5.74, 6) is 0. The molecule has 0 aromatic heterocycles. The van der Waals surface area contributed by atoms with Crippen LogP contribution in [-0.4, -0.2) is 12.9 Å².